The third-order valence-electron chi connectivity index (χ3n) is 3.53. The summed E-state index contributed by atoms with van der Waals surface area (Å²) < 4.78 is 0. The van der Waals surface area contributed by atoms with Gasteiger partial charge in [0, 0.05) is 30.3 Å². The van der Waals surface area contributed by atoms with Crippen LogP contribution in [0.4, 0.5) is 11.4 Å². The number of benzene rings is 1. The van der Waals surface area contributed by atoms with Crippen LogP contribution in [0.25, 0.3) is 0 Å². The molecule has 0 radical (unpaired) electrons. The standard InChI is InChI=1S/C15H14ClN3O/c16-12-9-18-7-6-10(12)15(20)19-8-2-3-11-13(17)4-1-5-14(11)19/h1,4-7,9H,2-3,8,17H2. The molecule has 1 amide bonds. The van der Waals surface area contributed by atoms with Crippen molar-refractivity contribution in [3.63, 3.8) is 0 Å². The average molecular weight is 288 g/mol. The first kappa shape index (κ1) is 12.9. The zero-order valence-electron chi connectivity index (χ0n) is 10.8. The van der Waals surface area contributed by atoms with Gasteiger partial charge in [0.15, 0.2) is 0 Å². The molecule has 0 aliphatic carbocycles. The van der Waals surface area contributed by atoms with Crippen LogP contribution < -0.4 is 10.6 Å². The van der Waals surface area contributed by atoms with Crippen molar-refractivity contribution in [2.45, 2.75) is 12.8 Å². The lowest BCUT2D eigenvalue weighted by Gasteiger charge is -2.30. The van der Waals surface area contributed by atoms with E-state index in [0.717, 1.165) is 29.8 Å². The number of rotatable bonds is 1. The predicted octanol–water partition coefficient (Wildman–Crippen LogP) is 2.91. The Kier molecular flexibility index (Phi) is 3.32. The Morgan fingerprint density at radius 1 is 1.35 bits per heavy atom. The van der Waals surface area contributed by atoms with E-state index >= 15 is 0 Å². The molecule has 3 rings (SSSR count). The Morgan fingerprint density at radius 3 is 3.00 bits per heavy atom. The van der Waals surface area contributed by atoms with Crippen LogP contribution in [0.15, 0.2) is 36.7 Å². The summed E-state index contributed by atoms with van der Waals surface area (Å²) in [6, 6.07) is 7.31. The summed E-state index contributed by atoms with van der Waals surface area (Å²) in [7, 11) is 0. The molecule has 1 aliphatic rings. The highest BCUT2D eigenvalue weighted by molar-refractivity contribution is 6.34. The Labute approximate surface area is 122 Å². The summed E-state index contributed by atoms with van der Waals surface area (Å²) in [6.07, 6.45) is 4.86. The fraction of sp³-hybridized carbons (Fsp3) is 0.200. The topological polar surface area (TPSA) is 59.2 Å². The van der Waals surface area contributed by atoms with Crippen molar-refractivity contribution >= 4 is 28.9 Å². The molecule has 1 aromatic heterocycles. The van der Waals surface area contributed by atoms with Crippen molar-refractivity contribution in [1.82, 2.24) is 4.98 Å². The van der Waals surface area contributed by atoms with E-state index in [4.69, 9.17) is 17.3 Å². The van der Waals surface area contributed by atoms with E-state index in [1.807, 2.05) is 18.2 Å². The number of amides is 1. The molecule has 0 spiro atoms. The summed E-state index contributed by atoms with van der Waals surface area (Å²) in [5, 5.41) is 0.369. The third-order valence-corrected chi connectivity index (χ3v) is 3.84. The molecule has 0 fully saturated rings. The van der Waals surface area contributed by atoms with E-state index in [0.29, 0.717) is 17.1 Å². The summed E-state index contributed by atoms with van der Waals surface area (Å²) in [4.78, 5) is 18.3. The minimum Gasteiger partial charge on any atom is -0.398 e. The molecule has 1 aromatic carbocycles. The van der Waals surface area contributed by atoms with Crippen LogP contribution in [0.5, 0.6) is 0 Å². The van der Waals surface area contributed by atoms with Gasteiger partial charge in [-0.3, -0.25) is 9.78 Å². The van der Waals surface area contributed by atoms with E-state index in [2.05, 4.69) is 4.98 Å². The number of fused-ring (bicyclic) bond motifs is 1. The molecule has 2 aromatic rings. The van der Waals surface area contributed by atoms with Crippen LogP contribution in [-0.2, 0) is 6.42 Å². The number of hydrogen-bond acceptors (Lipinski definition) is 3. The van der Waals surface area contributed by atoms with Crippen LogP contribution in [-0.4, -0.2) is 17.4 Å². The van der Waals surface area contributed by atoms with Gasteiger partial charge < -0.3 is 10.6 Å². The van der Waals surface area contributed by atoms with Gasteiger partial charge in [0.05, 0.1) is 10.6 Å². The zero-order chi connectivity index (χ0) is 14.1. The fourth-order valence-corrected chi connectivity index (χ4v) is 2.76. The molecule has 2 heterocycles. The van der Waals surface area contributed by atoms with Gasteiger partial charge in [-0.1, -0.05) is 17.7 Å². The number of hydrogen-bond donors (Lipinski definition) is 1. The molecule has 5 heteroatoms. The monoisotopic (exact) mass is 287 g/mol. The maximum Gasteiger partial charge on any atom is 0.259 e. The third kappa shape index (κ3) is 2.12. The van der Waals surface area contributed by atoms with E-state index in [9.17, 15) is 4.79 Å². The van der Waals surface area contributed by atoms with Crippen LogP contribution in [0, 0.1) is 0 Å². The number of nitrogens with two attached hydrogens (primary N) is 1. The average Bonchev–Trinajstić information content (AvgIpc) is 2.47. The van der Waals surface area contributed by atoms with Crippen molar-refractivity contribution < 1.29 is 4.79 Å². The van der Waals surface area contributed by atoms with E-state index in [1.54, 1.807) is 17.2 Å². The lowest BCUT2D eigenvalue weighted by molar-refractivity contribution is 0.0985. The van der Waals surface area contributed by atoms with Gasteiger partial charge in [0.2, 0.25) is 0 Å². The maximum atomic E-state index is 12.7. The number of anilines is 2. The number of nitrogens with zero attached hydrogens (tertiary/aromatic N) is 2. The summed E-state index contributed by atoms with van der Waals surface area (Å²) in [5.74, 6) is -0.107. The number of aromatic nitrogens is 1. The minimum absolute atomic E-state index is 0.107. The Morgan fingerprint density at radius 2 is 2.20 bits per heavy atom. The minimum atomic E-state index is -0.107. The molecule has 0 saturated carbocycles. The number of carbonyl (C=O) groups is 1. The number of nitrogen functional groups attached to an aromatic ring is 1. The molecule has 4 nitrogen and oxygen atoms in total. The van der Waals surface area contributed by atoms with Crippen molar-refractivity contribution in [3.05, 3.63) is 52.8 Å². The highest BCUT2D eigenvalue weighted by atomic mass is 35.5. The second kappa shape index (κ2) is 5.13. The van der Waals surface area contributed by atoms with Crippen molar-refractivity contribution in [2.24, 2.45) is 0 Å². The first-order valence-electron chi connectivity index (χ1n) is 6.47. The molecule has 0 saturated heterocycles. The number of halogens is 1. The van der Waals surface area contributed by atoms with Gasteiger partial charge in [-0.05, 0) is 36.6 Å². The van der Waals surface area contributed by atoms with Crippen LogP contribution in [0.1, 0.15) is 22.3 Å². The fourth-order valence-electron chi connectivity index (χ4n) is 2.56. The second-order valence-corrected chi connectivity index (χ2v) is 5.17. The summed E-state index contributed by atoms with van der Waals surface area (Å²) >= 11 is 6.06. The SMILES string of the molecule is Nc1cccc2c1CCCN2C(=O)c1ccncc1Cl. The van der Waals surface area contributed by atoms with Gasteiger partial charge in [-0.2, -0.15) is 0 Å². The lowest BCUT2D eigenvalue weighted by Crippen LogP contribution is -2.35. The first-order valence-corrected chi connectivity index (χ1v) is 6.85. The molecule has 0 bridgehead atoms. The molecular weight excluding hydrogens is 274 g/mol. The molecule has 2 N–H and O–H groups in total. The van der Waals surface area contributed by atoms with Crippen molar-refractivity contribution in [3.8, 4) is 0 Å². The zero-order valence-corrected chi connectivity index (χ0v) is 11.6. The van der Waals surface area contributed by atoms with E-state index in [-0.39, 0.29) is 5.91 Å². The Hall–Kier alpha value is -2.07. The van der Waals surface area contributed by atoms with Crippen LogP contribution >= 0.6 is 11.6 Å². The molecular formula is C15H14ClN3O. The molecule has 102 valence electrons. The van der Waals surface area contributed by atoms with Gasteiger partial charge in [-0.15, -0.1) is 0 Å². The molecule has 0 atom stereocenters. The Bertz CT molecular complexity index is 672. The molecule has 0 unspecified atom stereocenters. The Balaban J connectivity index is 2.03. The van der Waals surface area contributed by atoms with Crippen molar-refractivity contribution in [2.75, 3.05) is 17.2 Å². The van der Waals surface area contributed by atoms with E-state index < -0.39 is 0 Å². The van der Waals surface area contributed by atoms with Gasteiger partial charge >= 0.3 is 0 Å². The smallest absolute Gasteiger partial charge is 0.259 e. The summed E-state index contributed by atoms with van der Waals surface area (Å²) in [6.45, 7) is 0.675. The largest absolute Gasteiger partial charge is 0.398 e. The maximum absolute atomic E-state index is 12.7. The lowest BCUT2D eigenvalue weighted by atomic mass is 9.99. The number of pyridine rings is 1. The van der Waals surface area contributed by atoms with Crippen LogP contribution in [0.3, 0.4) is 0 Å². The van der Waals surface area contributed by atoms with Crippen molar-refractivity contribution in [1.29, 1.82) is 0 Å². The predicted molar refractivity (Wildman–Crippen MR) is 80.1 cm³/mol. The second-order valence-electron chi connectivity index (χ2n) is 4.76. The summed E-state index contributed by atoms with van der Waals surface area (Å²) in [5.41, 5.74) is 9.13. The molecule has 20 heavy (non-hydrogen) atoms. The highest BCUT2D eigenvalue weighted by Crippen LogP contribution is 2.32. The normalized spacial score (nSPS) is 13.9. The van der Waals surface area contributed by atoms with Crippen LogP contribution in [0.2, 0.25) is 5.02 Å². The van der Waals surface area contributed by atoms with E-state index in [1.165, 1.54) is 6.20 Å². The van der Waals surface area contributed by atoms with Gasteiger partial charge in [0.25, 0.3) is 5.91 Å². The highest BCUT2D eigenvalue weighted by Gasteiger charge is 2.25. The molecule has 1 aliphatic heterocycles. The van der Waals surface area contributed by atoms with Gasteiger partial charge in [-0.25, -0.2) is 0 Å². The quantitative estimate of drug-likeness (QED) is 0.821. The first-order chi connectivity index (χ1) is 9.68. The number of carbonyl (C=O) groups excluding carboxylic acids is 1. The van der Waals surface area contributed by atoms with Gasteiger partial charge in [0.1, 0.15) is 0 Å².